The molecular weight excluding hydrogens is 354 g/mol. The van der Waals surface area contributed by atoms with E-state index in [0.29, 0.717) is 23.7 Å². The number of hydrogen-bond donors (Lipinski definition) is 2. The summed E-state index contributed by atoms with van der Waals surface area (Å²) in [6, 6.07) is 5.81. The third-order valence-corrected chi connectivity index (χ3v) is 4.67. The molecule has 0 atom stereocenters. The van der Waals surface area contributed by atoms with Gasteiger partial charge in [0.2, 0.25) is 0 Å². The van der Waals surface area contributed by atoms with Gasteiger partial charge in [0.15, 0.2) is 0 Å². The summed E-state index contributed by atoms with van der Waals surface area (Å²) in [5.41, 5.74) is 6.60. The monoisotopic (exact) mass is 365 g/mol. The molecular formula is C13H12BrN5OS. The number of fused-ring (bicyclic) bond motifs is 1. The lowest BCUT2D eigenvalue weighted by Crippen LogP contribution is -2.27. The Morgan fingerprint density at radius 3 is 3.10 bits per heavy atom. The molecule has 0 fully saturated rings. The number of nitrogens with zero attached hydrogens (tertiary/aromatic N) is 3. The van der Waals surface area contributed by atoms with Crippen LogP contribution in [0.5, 0.6) is 0 Å². The highest BCUT2D eigenvalue weighted by Crippen LogP contribution is 2.35. The van der Waals surface area contributed by atoms with Crippen molar-refractivity contribution in [1.82, 2.24) is 20.3 Å². The lowest BCUT2D eigenvalue weighted by atomic mass is 10.2. The summed E-state index contributed by atoms with van der Waals surface area (Å²) in [7, 11) is 0. The van der Waals surface area contributed by atoms with Gasteiger partial charge in [-0.05, 0) is 18.2 Å². The molecule has 108 valence electrons. The van der Waals surface area contributed by atoms with Crippen LogP contribution in [0, 0.1) is 0 Å². The minimum Gasteiger partial charge on any atom is -0.397 e. The minimum absolute atomic E-state index is 0.162. The normalized spacial score (nSPS) is 10.9. The number of halogens is 1. The zero-order valence-electron chi connectivity index (χ0n) is 10.9. The Labute approximate surface area is 133 Å². The molecule has 2 heterocycles. The minimum atomic E-state index is -0.162. The fraction of sp³-hybridized carbons (Fsp3) is 0.154. The lowest BCUT2D eigenvalue weighted by Gasteiger charge is -2.04. The van der Waals surface area contributed by atoms with E-state index in [9.17, 15) is 4.79 Å². The quantitative estimate of drug-likeness (QED) is 0.742. The first kappa shape index (κ1) is 14.0. The van der Waals surface area contributed by atoms with Crippen LogP contribution in [0.25, 0.3) is 10.1 Å². The van der Waals surface area contributed by atoms with E-state index in [2.05, 4.69) is 31.6 Å². The number of nitrogen functional groups attached to an aromatic ring is 1. The zero-order valence-corrected chi connectivity index (χ0v) is 13.3. The van der Waals surface area contributed by atoms with Crippen molar-refractivity contribution in [1.29, 1.82) is 0 Å². The van der Waals surface area contributed by atoms with Crippen LogP contribution in [0.4, 0.5) is 5.69 Å². The van der Waals surface area contributed by atoms with Crippen molar-refractivity contribution >= 4 is 48.9 Å². The van der Waals surface area contributed by atoms with Crippen molar-refractivity contribution < 1.29 is 4.79 Å². The first-order valence-electron chi connectivity index (χ1n) is 6.25. The van der Waals surface area contributed by atoms with Crippen LogP contribution in [0.1, 0.15) is 9.67 Å². The van der Waals surface area contributed by atoms with E-state index >= 15 is 0 Å². The predicted molar refractivity (Wildman–Crippen MR) is 86.3 cm³/mol. The van der Waals surface area contributed by atoms with E-state index in [1.54, 1.807) is 17.1 Å². The summed E-state index contributed by atoms with van der Waals surface area (Å²) in [4.78, 5) is 12.8. The van der Waals surface area contributed by atoms with E-state index in [0.717, 1.165) is 14.6 Å². The Morgan fingerprint density at radius 2 is 2.33 bits per heavy atom. The fourth-order valence-corrected chi connectivity index (χ4v) is 3.35. The lowest BCUT2D eigenvalue weighted by molar-refractivity contribution is 0.0957. The summed E-state index contributed by atoms with van der Waals surface area (Å²) in [5.74, 6) is -0.162. The van der Waals surface area contributed by atoms with Crippen LogP contribution < -0.4 is 11.1 Å². The number of carbonyl (C=O) groups is 1. The molecule has 3 N–H and O–H groups in total. The first-order valence-corrected chi connectivity index (χ1v) is 7.86. The smallest absolute Gasteiger partial charge is 0.263 e. The summed E-state index contributed by atoms with van der Waals surface area (Å²) >= 11 is 4.81. The largest absolute Gasteiger partial charge is 0.397 e. The number of nitrogens with one attached hydrogen (secondary N) is 1. The SMILES string of the molecule is Nc1c(C(=O)NCCn2ccnn2)sc2ccc(Br)cc12. The van der Waals surface area contributed by atoms with Crippen molar-refractivity contribution in [3.63, 3.8) is 0 Å². The van der Waals surface area contributed by atoms with E-state index in [1.807, 2.05) is 18.2 Å². The van der Waals surface area contributed by atoms with Gasteiger partial charge < -0.3 is 11.1 Å². The highest BCUT2D eigenvalue weighted by atomic mass is 79.9. The fourth-order valence-electron chi connectivity index (χ4n) is 1.97. The van der Waals surface area contributed by atoms with Crippen LogP contribution in [0.15, 0.2) is 35.1 Å². The Balaban J connectivity index is 1.73. The molecule has 0 aliphatic heterocycles. The average molecular weight is 366 g/mol. The zero-order chi connectivity index (χ0) is 14.8. The Kier molecular flexibility index (Phi) is 3.89. The van der Waals surface area contributed by atoms with Gasteiger partial charge in [-0.1, -0.05) is 21.1 Å². The van der Waals surface area contributed by atoms with Crippen LogP contribution in [-0.2, 0) is 6.54 Å². The maximum absolute atomic E-state index is 12.2. The number of hydrogen-bond acceptors (Lipinski definition) is 5. The molecule has 0 aliphatic carbocycles. The van der Waals surface area contributed by atoms with E-state index in [-0.39, 0.29) is 5.91 Å². The number of rotatable bonds is 4. The molecule has 0 unspecified atom stereocenters. The van der Waals surface area contributed by atoms with E-state index in [4.69, 9.17) is 5.73 Å². The van der Waals surface area contributed by atoms with Crippen molar-refractivity contribution in [3.8, 4) is 0 Å². The molecule has 1 aromatic carbocycles. The Bertz CT molecular complexity index is 783. The maximum atomic E-state index is 12.2. The van der Waals surface area contributed by atoms with Gasteiger partial charge in [0.25, 0.3) is 5.91 Å². The molecule has 0 bridgehead atoms. The second kappa shape index (κ2) is 5.82. The molecule has 0 saturated carbocycles. The number of carbonyl (C=O) groups excluding carboxylic acids is 1. The van der Waals surface area contributed by atoms with Crippen LogP contribution in [0.2, 0.25) is 0 Å². The molecule has 2 aromatic heterocycles. The Hall–Kier alpha value is -1.93. The molecule has 6 nitrogen and oxygen atoms in total. The molecule has 3 aromatic rings. The number of benzene rings is 1. The number of amides is 1. The highest BCUT2D eigenvalue weighted by Gasteiger charge is 2.16. The predicted octanol–water partition coefficient (Wildman–Crippen LogP) is 2.27. The van der Waals surface area contributed by atoms with Crippen LogP contribution in [-0.4, -0.2) is 27.4 Å². The van der Waals surface area contributed by atoms with Crippen molar-refractivity contribution in [2.75, 3.05) is 12.3 Å². The molecule has 0 spiro atoms. The van der Waals surface area contributed by atoms with Crippen molar-refractivity contribution in [3.05, 3.63) is 39.9 Å². The van der Waals surface area contributed by atoms with Gasteiger partial charge in [-0.15, -0.1) is 16.4 Å². The van der Waals surface area contributed by atoms with Gasteiger partial charge in [-0.2, -0.15) is 0 Å². The molecule has 0 radical (unpaired) electrons. The highest BCUT2D eigenvalue weighted by molar-refractivity contribution is 9.10. The standard InChI is InChI=1S/C13H12BrN5OS/c14-8-1-2-10-9(7-8)11(15)12(21-10)13(20)16-3-5-19-6-4-17-18-19/h1-2,4,6-7H,3,5,15H2,(H,16,20). The van der Waals surface area contributed by atoms with Crippen molar-refractivity contribution in [2.24, 2.45) is 0 Å². The molecule has 8 heteroatoms. The van der Waals surface area contributed by atoms with Crippen molar-refractivity contribution in [2.45, 2.75) is 6.54 Å². The third kappa shape index (κ3) is 2.91. The first-order chi connectivity index (χ1) is 10.1. The molecule has 21 heavy (non-hydrogen) atoms. The third-order valence-electron chi connectivity index (χ3n) is 2.99. The van der Waals surface area contributed by atoms with Gasteiger partial charge in [0.1, 0.15) is 4.88 Å². The summed E-state index contributed by atoms with van der Waals surface area (Å²) in [6.45, 7) is 1.04. The number of nitrogens with two attached hydrogens (primary N) is 1. The van der Waals surface area contributed by atoms with Crippen LogP contribution >= 0.6 is 27.3 Å². The molecule has 0 aliphatic rings. The van der Waals surface area contributed by atoms with Crippen LogP contribution in [0.3, 0.4) is 0 Å². The number of anilines is 1. The molecule has 3 rings (SSSR count). The second-order valence-corrected chi connectivity index (χ2v) is 6.38. The molecule has 0 saturated heterocycles. The summed E-state index contributed by atoms with van der Waals surface area (Å²) in [5, 5.41) is 11.3. The van der Waals surface area contributed by atoms with Gasteiger partial charge in [-0.3, -0.25) is 9.48 Å². The van der Waals surface area contributed by atoms with E-state index < -0.39 is 0 Å². The topological polar surface area (TPSA) is 85.8 Å². The van der Waals surface area contributed by atoms with Gasteiger partial charge in [0, 0.05) is 27.3 Å². The van der Waals surface area contributed by atoms with Gasteiger partial charge in [0.05, 0.1) is 18.4 Å². The molecule has 1 amide bonds. The second-order valence-electron chi connectivity index (χ2n) is 4.41. The average Bonchev–Trinajstić information content (AvgIpc) is 3.08. The Morgan fingerprint density at radius 1 is 1.48 bits per heavy atom. The van der Waals surface area contributed by atoms with E-state index in [1.165, 1.54) is 11.3 Å². The maximum Gasteiger partial charge on any atom is 0.263 e. The van der Waals surface area contributed by atoms with Gasteiger partial charge >= 0.3 is 0 Å². The van der Waals surface area contributed by atoms with Gasteiger partial charge in [-0.25, -0.2) is 0 Å². The number of thiophene rings is 1. The summed E-state index contributed by atoms with van der Waals surface area (Å²) in [6.07, 6.45) is 3.35. The summed E-state index contributed by atoms with van der Waals surface area (Å²) < 4.78 is 3.60. The number of aromatic nitrogens is 3.